The Kier molecular flexibility index (Phi) is 3.54. The van der Waals surface area contributed by atoms with Crippen molar-refractivity contribution in [3.05, 3.63) is 54.9 Å². The number of benzene rings is 2. The number of hydrogen-bond acceptors (Lipinski definition) is 7. The van der Waals surface area contributed by atoms with E-state index in [0.29, 0.717) is 17.3 Å². The zero-order valence-electron chi connectivity index (χ0n) is 13.1. The third kappa shape index (κ3) is 2.99. The molecule has 7 nitrogen and oxygen atoms in total. The summed E-state index contributed by atoms with van der Waals surface area (Å²) in [4.78, 5) is 13.1. The van der Waals surface area contributed by atoms with Gasteiger partial charge in [-0.05, 0) is 42.5 Å². The highest BCUT2D eigenvalue weighted by Crippen LogP contribution is 2.24. The van der Waals surface area contributed by atoms with Crippen molar-refractivity contribution < 1.29 is 12.9 Å². The molecule has 0 aliphatic carbocycles. The third-order valence-electron chi connectivity index (χ3n) is 3.68. The Hall–Kier alpha value is -3.13. The Morgan fingerprint density at radius 2 is 1.56 bits per heavy atom. The number of aromatic nitrogens is 4. The smallest absolute Gasteiger partial charge is 0.258 e. The molecular weight excluding hydrogens is 340 g/mol. The maximum Gasteiger partial charge on any atom is 0.258 e. The van der Waals surface area contributed by atoms with Crippen LogP contribution >= 0.6 is 0 Å². The average Bonchev–Trinajstić information content (AvgIpc) is 3.11. The highest BCUT2D eigenvalue weighted by atomic mass is 32.2. The van der Waals surface area contributed by atoms with Gasteiger partial charge in [0.2, 0.25) is 5.82 Å². The van der Waals surface area contributed by atoms with E-state index in [2.05, 4.69) is 20.1 Å². The predicted molar refractivity (Wildman–Crippen MR) is 91.4 cm³/mol. The Morgan fingerprint density at radius 1 is 0.880 bits per heavy atom. The fraction of sp³-hybridized carbons (Fsp3) is 0.0588. The van der Waals surface area contributed by atoms with E-state index in [9.17, 15) is 8.42 Å². The molecule has 0 aliphatic rings. The maximum atomic E-state index is 11.5. The van der Waals surface area contributed by atoms with Crippen molar-refractivity contribution in [2.24, 2.45) is 0 Å². The van der Waals surface area contributed by atoms with E-state index in [1.165, 1.54) is 12.1 Å². The van der Waals surface area contributed by atoms with E-state index < -0.39 is 9.84 Å². The van der Waals surface area contributed by atoms with Crippen LogP contribution in [0.2, 0.25) is 0 Å². The maximum absolute atomic E-state index is 11.5. The fourth-order valence-corrected chi connectivity index (χ4v) is 3.04. The first-order valence-electron chi connectivity index (χ1n) is 7.36. The Morgan fingerprint density at radius 3 is 2.28 bits per heavy atom. The molecule has 0 saturated carbocycles. The molecule has 8 heteroatoms. The van der Waals surface area contributed by atoms with Gasteiger partial charge in [-0.3, -0.25) is 9.97 Å². The zero-order valence-corrected chi connectivity index (χ0v) is 13.9. The molecule has 0 unspecified atom stereocenters. The molecule has 4 aromatic rings. The molecule has 0 fully saturated rings. The number of hydrogen-bond donors (Lipinski definition) is 0. The fourth-order valence-electron chi connectivity index (χ4n) is 2.41. The largest absolute Gasteiger partial charge is 0.334 e. The van der Waals surface area contributed by atoms with Gasteiger partial charge in [-0.15, -0.1) is 0 Å². The molecule has 0 aliphatic heterocycles. The third-order valence-corrected chi connectivity index (χ3v) is 4.81. The van der Waals surface area contributed by atoms with Gasteiger partial charge in [0.25, 0.3) is 5.89 Å². The first-order chi connectivity index (χ1) is 12.0. The van der Waals surface area contributed by atoms with Crippen LogP contribution in [-0.4, -0.2) is 34.8 Å². The quantitative estimate of drug-likeness (QED) is 0.559. The van der Waals surface area contributed by atoms with E-state index >= 15 is 0 Å². The topological polar surface area (TPSA) is 98.8 Å². The molecule has 25 heavy (non-hydrogen) atoms. The van der Waals surface area contributed by atoms with Crippen molar-refractivity contribution in [3.8, 4) is 22.8 Å². The molecule has 2 aromatic carbocycles. The Labute approximate surface area is 143 Å². The van der Waals surface area contributed by atoms with Crippen molar-refractivity contribution in [3.63, 3.8) is 0 Å². The van der Waals surface area contributed by atoms with E-state index in [0.717, 1.165) is 22.9 Å². The van der Waals surface area contributed by atoms with Crippen LogP contribution in [-0.2, 0) is 9.84 Å². The van der Waals surface area contributed by atoms with Crippen LogP contribution in [0.5, 0.6) is 0 Å². The van der Waals surface area contributed by atoms with E-state index in [4.69, 9.17) is 4.52 Å². The monoisotopic (exact) mass is 352 g/mol. The summed E-state index contributed by atoms with van der Waals surface area (Å²) < 4.78 is 28.3. The number of rotatable bonds is 3. The summed E-state index contributed by atoms with van der Waals surface area (Å²) in [6, 6.07) is 11.8. The van der Waals surface area contributed by atoms with Gasteiger partial charge in [0.05, 0.1) is 15.9 Å². The van der Waals surface area contributed by atoms with Crippen LogP contribution < -0.4 is 0 Å². The number of sulfone groups is 1. The van der Waals surface area contributed by atoms with Gasteiger partial charge in [0.1, 0.15) is 0 Å². The van der Waals surface area contributed by atoms with Gasteiger partial charge in [-0.2, -0.15) is 4.98 Å². The molecule has 2 aromatic heterocycles. The van der Waals surface area contributed by atoms with Crippen LogP contribution in [0.3, 0.4) is 0 Å². The van der Waals surface area contributed by atoms with Crippen molar-refractivity contribution in [2.75, 3.05) is 6.26 Å². The SMILES string of the molecule is CS(=O)(=O)c1ccc(-c2nc(-c3ccc4nccnc4c3)no2)cc1. The highest BCUT2D eigenvalue weighted by molar-refractivity contribution is 7.90. The van der Waals surface area contributed by atoms with Crippen LogP contribution in [0.15, 0.2) is 64.3 Å². The van der Waals surface area contributed by atoms with Gasteiger partial charge in [0.15, 0.2) is 9.84 Å². The molecular formula is C17H12N4O3S. The lowest BCUT2D eigenvalue weighted by Crippen LogP contribution is -1.96. The normalized spacial score (nSPS) is 11.7. The first kappa shape index (κ1) is 15.4. The Balaban J connectivity index is 1.69. The summed E-state index contributed by atoms with van der Waals surface area (Å²) >= 11 is 0. The second-order valence-electron chi connectivity index (χ2n) is 5.48. The van der Waals surface area contributed by atoms with Gasteiger partial charge >= 0.3 is 0 Å². The van der Waals surface area contributed by atoms with Crippen LogP contribution in [0.25, 0.3) is 33.9 Å². The minimum atomic E-state index is -3.24. The van der Waals surface area contributed by atoms with Gasteiger partial charge < -0.3 is 4.52 Å². The van der Waals surface area contributed by atoms with E-state index in [1.807, 2.05) is 18.2 Å². The summed E-state index contributed by atoms with van der Waals surface area (Å²) in [7, 11) is -3.24. The van der Waals surface area contributed by atoms with Crippen LogP contribution in [0.4, 0.5) is 0 Å². The van der Waals surface area contributed by atoms with Crippen LogP contribution in [0.1, 0.15) is 0 Å². The van der Waals surface area contributed by atoms with Crippen molar-refractivity contribution in [2.45, 2.75) is 4.90 Å². The second kappa shape index (κ2) is 5.75. The van der Waals surface area contributed by atoms with Gasteiger partial charge in [-0.1, -0.05) is 5.16 Å². The molecule has 0 saturated heterocycles. The second-order valence-corrected chi connectivity index (χ2v) is 7.50. The summed E-state index contributed by atoms with van der Waals surface area (Å²) in [5, 5.41) is 3.99. The molecule has 0 atom stereocenters. The molecule has 0 amide bonds. The number of nitrogens with zero attached hydrogens (tertiary/aromatic N) is 4. The summed E-state index contributed by atoms with van der Waals surface area (Å²) in [5.74, 6) is 0.740. The zero-order chi connectivity index (χ0) is 17.4. The summed E-state index contributed by atoms with van der Waals surface area (Å²) in [6.45, 7) is 0. The average molecular weight is 352 g/mol. The molecule has 0 N–H and O–H groups in total. The van der Waals surface area contributed by atoms with E-state index in [-0.39, 0.29) is 4.90 Å². The molecule has 2 heterocycles. The van der Waals surface area contributed by atoms with Crippen LogP contribution in [0, 0.1) is 0 Å². The molecule has 0 radical (unpaired) electrons. The summed E-state index contributed by atoms with van der Waals surface area (Å²) in [6.07, 6.45) is 4.42. The lowest BCUT2D eigenvalue weighted by Gasteiger charge is -1.99. The lowest BCUT2D eigenvalue weighted by atomic mass is 10.2. The highest BCUT2D eigenvalue weighted by Gasteiger charge is 2.13. The predicted octanol–water partition coefficient (Wildman–Crippen LogP) is 2.75. The van der Waals surface area contributed by atoms with E-state index in [1.54, 1.807) is 24.5 Å². The molecule has 0 spiro atoms. The lowest BCUT2D eigenvalue weighted by molar-refractivity contribution is 0.432. The molecule has 124 valence electrons. The number of fused-ring (bicyclic) bond motifs is 1. The minimum Gasteiger partial charge on any atom is -0.334 e. The first-order valence-corrected chi connectivity index (χ1v) is 9.25. The summed E-state index contributed by atoms with van der Waals surface area (Å²) in [5.41, 5.74) is 2.93. The molecule has 0 bridgehead atoms. The van der Waals surface area contributed by atoms with Crippen molar-refractivity contribution >= 4 is 20.9 Å². The van der Waals surface area contributed by atoms with Crippen molar-refractivity contribution in [1.29, 1.82) is 0 Å². The standard InChI is InChI=1S/C17H12N4O3S/c1-25(22,23)13-5-2-11(3-6-13)17-20-16(21-24-17)12-4-7-14-15(10-12)19-9-8-18-14/h2-10H,1H3. The minimum absolute atomic E-state index is 0.240. The molecule has 4 rings (SSSR count). The Bertz CT molecular complexity index is 1170. The van der Waals surface area contributed by atoms with Gasteiger partial charge in [0, 0.05) is 29.8 Å². The van der Waals surface area contributed by atoms with Crippen molar-refractivity contribution in [1.82, 2.24) is 20.1 Å². The van der Waals surface area contributed by atoms with Gasteiger partial charge in [-0.25, -0.2) is 8.42 Å².